The number of aryl methyl sites for hydroxylation is 2. The maximum absolute atomic E-state index is 13.3. The highest BCUT2D eigenvalue weighted by molar-refractivity contribution is 8.00. The number of amides is 4. The summed E-state index contributed by atoms with van der Waals surface area (Å²) >= 11 is 1.98. The van der Waals surface area contributed by atoms with E-state index in [1.807, 2.05) is 38.7 Å². The van der Waals surface area contributed by atoms with Crippen molar-refractivity contribution >= 4 is 58.3 Å². The molecule has 11 unspecified atom stereocenters. The van der Waals surface area contributed by atoms with Crippen LogP contribution in [-0.4, -0.2) is 170 Å². The van der Waals surface area contributed by atoms with Crippen molar-refractivity contribution < 1.29 is 42.0 Å². The summed E-state index contributed by atoms with van der Waals surface area (Å²) in [4.78, 5) is 71.0. The summed E-state index contributed by atoms with van der Waals surface area (Å²) in [6, 6.07) is 5.67. The number of anilines is 2. The van der Waals surface area contributed by atoms with Crippen LogP contribution in [-0.2, 0) is 37.2 Å². The van der Waals surface area contributed by atoms with Crippen LogP contribution in [0.25, 0.3) is 0 Å². The van der Waals surface area contributed by atoms with Gasteiger partial charge >= 0.3 is 17.4 Å². The average Bonchev–Trinajstić information content (AvgIpc) is 1.68. The maximum atomic E-state index is 13.3. The summed E-state index contributed by atoms with van der Waals surface area (Å²) in [5.74, 6) is 2.41. The summed E-state index contributed by atoms with van der Waals surface area (Å²) in [6.45, 7) is 32.5. The maximum Gasteiger partial charge on any atom is 0.351 e. The van der Waals surface area contributed by atoms with E-state index in [-0.39, 0.29) is 84.2 Å². The van der Waals surface area contributed by atoms with Crippen LogP contribution in [0, 0.1) is 36.5 Å². The number of nitriles is 2. The fourth-order valence-electron chi connectivity index (χ4n) is 13.5. The van der Waals surface area contributed by atoms with Crippen LogP contribution in [0.3, 0.4) is 0 Å². The zero-order valence-electron chi connectivity index (χ0n) is 64.8. The van der Waals surface area contributed by atoms with E-state index in [2.05, 4.69) is 138 Å². The fourth-order valence-corrected chi connectivity index (χ4v) is 18.5. The number of carbonyl (C=O) groups is 3. The summed E-state index contributed by atoms with van der Waals surface area (Å²) in [5.41, 5.74) is 1.06. The molecule has 2 aromatic heterocycles. The minimum absolute atomic E-state index is 0.0108. The minimum atomic E-state index is -1.44. The van der Waals surface area contributed by atoms with Gasteiger partial charge in [-0.3, -0.25) is 18.7 Å². The van der Waals surface area contributed by atoms with Crippen molar-refractivity contribution in [3.63, 3.8) is 0 Å². The van der Waals surface area contributed by atoms with Crippen LogP contribution in [0.1, 0.15) is 267 Å². The highest BCUT2D eigenvalue weighted by atomic mass is 32.2. The van der Waals surface area contributed by atoms with Gasteiger partial charge in [-0.05, 0) is 159 Å². The number of hydrogen-bond donors (Lipinski definition) is 7. The lowest BCUT2D eigenvalue weighted by molar-refractivity contribution is -0.122. The van der Waals surface area contributed by atoms with Crippen molar-refractivity contribution in [2.75, 3.05) is 68.9 Å². The van der Waals surface area contributed by atoms with Gasteiger partial charge in [-0.15, -0.1) is 0 Å². The van der Waals surface area contributed by atoms with Crippen molar-refractivity contribution in [1.82, 2.24) is 55.0 Å². The van der Waals surface area contributed by atoms with Crippen LogP contribution < -0.4 is 48.6 Å². The van der Waals surface area contributed by atoms with Gasteiger partial charge in [0.25, 0.3) is 17.1 Å². The van der Waals surface area contributed by atoms with Gasteiger partial charge in [0.05, 0.1) is 74.7 Å². The molecular weight excluding hydrogens is 1370 g/mol. The Morgan fingerprint density at radius 2 is 1.02 bits per heavy atom. The molecule has 584 valence electrons. The quantitative estimate of drug-likeness (QED) is 0.0184. The molecule has 0 bridgehead atoms. The predicted octanol–water partition coefficient (Wildman–Crippen LogP) is 13.5. The number of hydrogen-bond acceptors (Lipinski definition) is 21. The number of fused-ring (bicyclic) bond motifs is 1. The molecule has 0 radical (unpaired) electrons. The molecule has 4 aliphatic rings. The largest absolute Gasteiger partial charge is 0.370 e. The number of carbonyl (C=O) groups excluding carboxylic acids is 3. The Hall–Kier alpha value is -4.60. The van der Waals surface area contributed by atoms with Crippen molar-refractivity contribution in [2.45, 2.75) is 335 Å². The zero-order valence-corrected chi connectivity index (χ0v) is 67.4. The molecule has 4 fully saturated rings. The highest BCUT2D eigenvalue weighted by Gasteiger charge is 2.44. The van der Waals surface area contributed by atoms with Crippen LogP contribution in [0.2, 0.25) is 0 Å². The summed E-state index contributed by atoms with van der Waals surface area (Å²) in [7, 11) is -2.83. The van der Waals surface area contributed by atoms with Crippen molar-refractivity contribution in [1.29, 1.82) is 10.5 Å². The van der Waals surface area contributed by atoms with Crippen LogP contribution in [0.15, 0.2) is 22.0 Å². The number of nitrogens with zero attached hydrogens (tertiary/aromatic N) is 8. The van der Waals surface area contributed by atoms with E-state index >= 15 is 0 Å². The molecule has 6 rings (SSSR count). The molecule has 7 N–H and O–H groups in total. The van der Waals surface area contributed by atoms with Gasteiger partial charge in [0, 0.05) is 111 Å². The molecule has 29 heteroatoms. The van der Waals surface area contributed by atoms with Gasteiger partial charge in [0.2, 0.25) is 11.8 Å². The first-order chi connectivity index (χ1) is 49.6. The Balaban J connectivity index is 0.000000435. The number of unbranched alkanes of at least 4 members (excludes halogenated alkanes) is 12. The van der Waals surface area contributed by atoms with Crippen LogP contribution in [0.4, 0.5) is 16.4 Å². The third kappa shape index (κ3) is 31.6. The standard InChI is InChI=1S/C47H83N10O7PS.C27H48N5O4P/c1-7-38-39(64-65(62-30-20-24-48)57(34(2)3)35(4)5)31-43(63-38)56-32-36(6)45(55-47(56)61)52-29-19-11-18-28-51-42(59)23-14-10-17-27-50-41(58)22-13-9-16-26-49-25-15-8-12-21-40-44-37(33-66-40)53-46(60)54-44;1-8-10-11-12-13-16-29-26-22(7)19-31(27(33)30-26)25-18-24(23(9-2)35-25)36-37(34-17-14-15-28)32(20(3)4)21(5)6/h32,34-35,37-40,43-44,49H,7-23,25-31,33H2,1-6H3,(H,50,58)(H,51,59)(H,52,55,61)(H2,53,54,60);19-21,23-25H,8-14,16-18H2,1-7H3,(H,29,30,33). The van der Waals surface area contributed by atoms with Crippen molar-refractivity contribution in [2.24, 2.45) is 0 Å². The topological polar surface area (TPSA) is 315 Å². The molecule has 0 aromatic carbocycles. The molecule has 11 atom stereocenters. The number of urea groups is 1. The first kappa shape index (κ1) is 89.0. The summed E-state index contributed by atoms with van der Waals surface area (Å²) in [6.07, 6.45) is 24.9. The smallest absolute Gasteiger partial charge is 0.351 e. The number of thioether (sulfide) groups is 1. The molecule has 26 nitrogen and oxygen atoms in total. The SMILES string of the molecule is CCC1OC(n2cc(C)c(NCCCCCNC(=O)CCCCCNC(=O)CCCCCNCCCCCC3SCC4NC(=O)NC43)nc2=O)CC1OP(OCCC#N)N(C(C)C)C(C)C.CCCCCCCNc1nc(=O)n(C2CC(OP(OCCC#N)N(C(C)C)C(C)C)C(CC)O2)cc1C. The lowest BCUT2D eigenvalue weighted by Crippen LogP contribution is -2.36. The monoisotopic (exact) mass is 1500 g/mol. The van der Waals surface area contributed by atoms with Crippen LogP contribution >= 0.6 is 28.8 Å². The number of aromatic nitrogens is 4. The van der Waals surface area contributed by atoms with Crippen molar-refractivity contribution in [3.05, 3.63) is 44.5 Å². The lowest BCUT2D eigenvalue weighted by atomic mass is 10.0. The van der Waals surface area contributed by atoms with E-state index in [0.29, 0.717) is 100 Å². The van der Waals surface area contributed by atoms with E-state index in [0.717, 1.165) is 107 Å². The van der Waals surface area contributed by atoms with Crippen molar-refractivity contribution in [3.8, 4) is 12.1 Å². The second-order valence-electron chi connectivity index (χ2n) is 28.7. The molecule has 6 heterocycles. The van der Waals surface area contributed by atoms with Gasteiger partial charge in [0.1, 0.15) is 24.1 Å². The van der Waals surface area contributed by atoms with Gasteiger partial charge in [-0.2, -0.15) is 32.3 Å². The first-order valence-electron chi connectivity index (χ1n) is 39.1. The summed E-state index contributed by atoms with van der Waals surface area (Å²) < 4.78 is 45.7. The zero-order chi connectivity index (χ0) is 75.1. The second kappa shape index (κ2) is 50.1. The van der Waals surface area contributed by atoms with Gasteiger partial charge in [-0.25, -0.2) is 23.7 Å². The molecule has 4 amide bonds. The highest BCUT2D eigenvalue weighted by Crippen LogP contribution is 2.52. The Labute approximate surface area is 623 Å². The van der Waals surface area contributed by atoms with Crippen LogP contribution in [0.5, 0.6) is 0 Å². The third-order valence-corrected chi connectivity index (χ3v) is 24.6. The summed E-state index contributed by atoms with van der Waals surface area (Å²) in [5, 5.41) is 40.9. The Morgan fingerprint density at radius 1 is 0.602 bits per heavy atom. The lowest BCUT2D eigenvalue weighted by Gasteiger charge is -2.37. The first-order valence-corrected chi connectivity index (χ1v) is 42.4. The van der Waals surface area contributed by atoms with Gasteiger partial charge in [-0.1, -0.05) is 72.1 Å². The predicted molar refractivity (Wildman–Crippen MR) is 414 cm³/mol. The molecule has 103 heavy (non-hydrogen) atoms. The molecule has 4 aliphatic heterocycles. The van der Waals surface area contributed by atoms with E-state index in [9.17, 15) is 24.0 Å². The van der Waals surface area contributed by atoms with Gasteiger partial charge < -0.3 is 64.8 Å². The molecular formula is C74H131N15O11P2S. The van der Waals surface area contributed by atoms with E-state index < -0.39 is 29.5 Å². The fraction of sp³-hybridized carbons (Fsp3) is 0.824. The minimum Gasteiger partial charge on any atom is -0.370 e. The Kier molecular flexibility index (Phi) is 43.3. The third-order valence-electron chi connectivity index (χ3n) is 18.8. The molecule has 2 aromatic rings. The van der Waals surface area contributed by atoms with Gasteiger partial charge in [0.15, 0.2) is 0 Å². The molecule has 0 spiro atoms. The Bertz CT molecular complexity index is 2960. The van der Waals surface area contributed by atoms with E-state index in [1.54, 1.807) is 15.3 Å². The van der Waals surface area contributed by atoms with E-state index in [1.165, 1.54) is 51.4 Å². The average molecular weight is 1500 g/mol. The number of nitrogens with one attached hydrogen (secondary N) is 7. The number of rotatable bonds is 52. The molecule has 0 saturated carbocycles. The second-order valence-corrected chi connectivity index (χ2v) is 32.8. The molecule has 0 aliphatic carbocycles. The Morgan fingerprint density at radius 3 is 1.46 bits per heavy atom. The normalized spacial score (nSPS) is 21.4. The number of ether oxygens (including phenoxy) is 2. The van der Waals surface area contributed by atoms with E-state index in [4.69, 9.17) is 38.1 Å². The molecule has 4 saturated heterocycles.